The van der Waals surface area contributed by atoms with E-state index in [4.69, 9.17) is 16.3 Å². The maximum Gasteiger partial charge on any atom is 0.269 e. The number of nitro groups is 1. The predicted octanol–water partition coefficient (Wildman–Crippen LogP) is 3.84. The fourth-order valence-corrected chi connectivity index (χ4v) is 2.47. The predicted molar refractivity (Wildman–Crippen MR) is 91.6 cm³/mol. The number of non-ortho nitro benzene ring substituents is 1. The Labute approximate surface area is 144 Å². The summed E-state index contributed by atoms with van der Waals surface area (Å²) in [5.41, 5.74) is 1.85. The Morgan fingerprint density at radius 1 is 1.29 bits per heavy atom. The van der Waals surface area contributed by atoms with Crippen LogP contribution in [0.25, 0.3) is 0 Å². The Bertz CT molecular complexity index is 792. The molecule has 0 fully saturated rings. The zero-order valence-corrected chi connectivity index (χ0v) is 14.3. The highest BCUT2D eigenvalue weighted by Crippen LogP contribution is 2.24. The first-order valence-electron chi connectivity index (χ1n) is 7.16. The molecule has 2 aromatic rings. The Morgan fingerprint density at radius 3 is 2.62 bits per heavy atom. The van der Waals surface area contributed by atoms with Crippen molar-refractivity contribution in [2.45, 2.75) is 13.5 Å². The molecule has 7 heteroatoms. The van der Waals surface area contributed by atoms with Crippen LogP contribution in [0, 0.1) is 17.0 Å². The van der Waals surface area contributed by atoms with Crippen LogP contribution in [0.1, 0.15) is 21.5 Å². The van der Waals surface area contributed by atoms with Crippen molar-refractivity contribution in [2.75, 3.05) is 14.2 Å². The van der Waals surface area contributed by atoms with E-state index in [-0.39, 0.29) is 18.1 Å². The van der Waals surface area contributed by atoms with Crippen molar-refractivity contribution in [3.8, 4) is 5.75 Å². The molecule has 0 spiro atoms. The first kappa shape index (κ1) is 17.7. The minimum Gasteiger partial charge on any atom is -0.496 e. The number of carbonyl (C=O) groups is 1. The molecule has 0 radical (unpaired) electrons. The van der Waals surface area contributed by atoms with Crippen LogP contribution in [-0.4, -0.2) is 29.9 Å². The van der Waals surface area contributed by atoms with Gasteiger partial charge in [0.25, 0.3) is 11.6 Å². The number of nitrogens with zero attached hydrogens (tertiary/aromatic N) is 2. The molecule has 6 nitrogen and oxygen atoms in total. The van der Waals surface area contributed by atoms with Gasteiger partial charge in [-0.3, -0.25) is 14.9 Å². The molecule has 0 unspecified atom stereocenters. The quantitative estimate of drug-likeness (QED) is 0.608. The molecule has 0 saturated heterocycles. The lowest BCUT2D eigenvalue weighted by Crippen LogP contribution is -2.26. The molecule has 0 atom stereocenters. The molecule has 0 aliphatic heterocycles. The average Bonchev–Trinajstić information content (AvgIpc) is 2.56. The second-order valence-electron chi connectivity index (χ2n) is 5.38. The van der Waals surface area contributed by atoms with Crippen LogP contribution in [-0.2, 0) is 6.54 Å². The number of amides is 1. The number of halogens is 1. The number of carbonyl (C=O) groups excluding carboxylic acids is 1. The minimum atomic E-state index is -0.494. The van der Waals surface area contributed by atoms with Gasteiger partial charge in [0.15, 0.2) is 0 Å². The third-order valence-corrected chi connectivity index (χ3v) is 4.02. The normalized spacial score (nSPS) is 10.3. The molecule has 0 saturated carbocycles. The topological polar surface area (TPSA) is 72.7 Å². The summed E-state index contributed by atoms with van der Waals surface area (Å²) in [5.74, 6) is 0.401. The number of aryl methyl sites for hydroxylation is 1. The summed E-state index contributed by atoms with van der Waals surface area (Å²) in [4.78, 5) is 24.4. The maximum absolute atomic E-state index is 12.6. The van der Waals surface area contributed by atoms with Crippen molar-refractivity contribution in [1.29, 1.82) is 0 Å². The van der Waals surface area contributed by atoms with E-state index in [2.05, 4.69) is 0 Å². The van der Waals surface area contributed by atoms with E-state index in [1.54, 1.807) is 32.4 Å². The number of hydrogen-bond acceptors (Lipinski definition) is 4. The molecule has 126 valence electrons. The van der Waals surface area contributed by atoms with Crippen molar-refractivity contribution in [3.63, 3.8) is 0 Å². The standard InChI is InChI=1S/C17H17ClN2O4/c1-11-4-5-12(9-16(11)24-3)17(21)19(2)10-13-8-14(20(22)23)6-7-15(13)18/h4-9H,10H2,1-3H3. The van der Waals surface area contributed by atoms with Crippen LogP contribution in [0.2, 0.25) is 5.02 Å². The first-order chi connectivity index (χ1) is 11.3. The third kappa shape index (κ3) is 3.83. The fraction of sp³-hybridized carbons (Fsp3) is 0.235. The number of hydrogen-bond donors (Lipinski definition) is 0. The Balaban J connectivity index is 2.23. The lowest BCUT2D eigenvalue weighted by molar-refractivity contribution is -0.384. The summed E-state index contributed by atoms with van der Waals surface area (Å²) < 4.78 is 5.23. The number of nitro benzene ring substituents is 1. The molecule has 0 aromatic heterocycles. The molecule has 0 heterocycles. The number of ether oxygens (including phenoxy) is 1. The summed E-state index contributed by atoms with van der Waals surface area (Å²) in [6.07, 6.45) is 0. The molecule has 0 aliphatic carbocycles. The molecule has 2 aromatic carbocycles. The van der Waals surface area contributed by atoms with E-state index in [0.29, 0.717) is 21.9 Å². The van der Waals surface area contributed by atoms with Crippen LogP contribution in [0.4, 0.5) is 5.69 Å². The molecule has 24 heavy (non-hydrogen) atoms. The van der Waals surface area contributed by atoms with Gasteiger partial charge < -0.3 is 9.64 Å². The first-order valence-corrected chi connectivity index (χ1v) is 7.54. The van der Waals surface area contributed by atoms with Gasteiger partial charge in [-0.25, -0.2) is 0 Å². The van der Waals surface area contributed by atoms with Gasteiger partial charge in [-0.2, -0.15) is 0 Å². The van der Waals surface area contributed by atoms with Gasteiger partial charge in [0.2, 0.25) is 0 Å². The molecule has 0 aliphatic rings. The highest BCUT2D eigenvalue weighted by Gasteiger charge is 2.17. The monoisotopic (exact) mass is 348 g/mol. The zero-order chi connectivity index (χ0) is 17.9. The smallest absolute Gasteiger partial charge is 0.269 e. The molecule has 1 amide bonds. The number of rotatable bonds is 5. The van der Waals surface area contributed by atoms with Crippen LogP contribution in [0.3, 0.4) is 0 Å². The highest BCUT2D eigenvalue weighted by atomic mass is 35.5. The zero-order valence-electron chi connectivity index (χ0n) is 13.6. The van der Waals surface area contributed by atoms with Crippen molar-refractivity contribution < 1.29 is 14.5 Å². The van der Waals surface area contributed by atoms with Gasteiger partial charge in [-0.15, -0.1) is 0 Å². The second kappa shape index (κ2) is 7.31. The van der Waals surface area contributed by atoms with E-state index in [0.717, 1.165) is 5.56 Å². The summed E-state index contributed by atoms with van der Waals surface area (Å²) in [6.45, 7) is 2.05. The van der Waals surface area contributed by atoms with Crippen LogP contribution >= 0.6 is 11.6 Å². The van der Waals surface area contributed by atoms with E-state index in [1.165, 1.54) is 23.1 Å². The SMILES string of the molecule is COc1cc(C(=O)N(C)Cc2cc([N+](=O)[O-])ccc2Cl)ccc1C. The number of methoxy groups -OCH3 is 1. The van der Waals surface area contributed by atoms with Gasteiger partial charge in [0.05, 0.1) is 12.0 Å². The Kier molecular flexibility index (Phi) is 5.41. The highest BCUT2D eigenvalue weighted by molar-refractivity contribution is 6.31. The third-order valence-electron chi connectivity index (χ3n) is 3.65. The minimum absolute atomic E-state index is 0.0627. The second-order valence-corrected chi connectivity index (χ2v) is 5.79. The molecule has 0 N–H and O–H groups in total. The molecular weight excluding hydrogens is 332 g/mol. The van der Waals surface area contributed by atoms with E-state index >= 15 is 0 Å². The Morgan fingerprint density at radius 2 is 2.00 bits per heavy atom. The van der Waals surface area contributed by atoms with Gasteiger partial charge in [-0.1, -0.05) is 17.7 Å². The maximum atomic E-state index is 12.6. The van der Waals surface area contributed by atoms with Crippen LogP contribution in [0.15, 0.2) is 36.4 Å². The lowest BCUT2D eigenvalue weighted by Gasteiger charge is -2.18. The van der Waals surface area contributed by atoms with Gasteiger partial charge in [0, 0.05) is 36.3 Å². The van der Waals surface area contributed by atoms with Crippen molar-refractivity contribution in [1.82, 2.24) is 4.90 Å². The van der Waals surface area contributed by atoms with Crippen molar-refractivity contribution in [3.05, 3.63) is 68.2 Å². The van der Waals surface area contributed by atoms with Crippen molar-refractivity contribution in [2.24, 2.45) is 0 Å². The van der Waals surface area contributed by atoms with Crippen LogP contribution in [0.5, 0.6) is 5.75 Å². The van der Waals surface area contributed by atoms with Gasteiger partial charge in [-0.05, 0) is 36.2 Å². The largest absolute Gasteiger partial charge is 0.496 e. The summed E-state index contributed by atoms with van der Waals surface area (Å²) in [7, 11) is 3.16. The number of benzene rings is 2. The summed E-state index contributed by atoms with van der Waals surface area (Å²) >= 11 is 6.08. The van der Waals surface area contributed by atoms with Crippen LogP contribution < -0.4 is 4.74 Å². The van der Waals surface area contributed by atoms with Gasteiger partial charge in [0.1, 0.15) is 5.75 Å². The summed E-state index contributed by atoms with van der Waals surface area (Å²) in [6, 6.07) is 9.36. The molecule has 0 bridgehead atoms. The van der Waals surface area contributed by atoms with Crippen molar-refractivity contribution >= 4 is 23.2 Å². The van der Waals surface area contributed by atoms with Gasteiger partial charge >= 0.3 is 0 Å². The molecular formula is C17H17ClN2O4. The molecule has 2 rings (SSSR count). The van der Waals surface area contributed by atoms with E-state index in [1.807, 2.05) is 6.92 Å². The lowest BCUT2D eigenvalue weighted by atomic mass is 10.1. The Hall–Kier alpha value is -2.60. The average molecular weight is 349 g/mol. The van der Waals surface area contributed by atoms with E-state index < -0.39 is 4.92 Å². The summed E-state index contributed by atoms with van der Waals surface area (Å²) in [5, 5.41) is 11.3. The van der Waals surface area contributed by atoms with E-state index in [9.17, 15) is 14.9 Å². The fourth-order valence-electron chi connectivity index (χ4n) is 2.30.